The van der Waals surface area contributed by atoms with Crippen LogP contribution in [0.4, 0.5) is 4.79 Å². The third-order valence-corrected chi connectivity index (χ3v) is 3.46. The van der Waals surface area contributed by atoms with Gasteiger partial charge in [-0.05, 0) is 14.0 Å². The van der Waals surface area contributed by atoms with Gasteiger partial charge in [-0.2, -0.15) is 0 Å². The fourth-order valence-electron chi connectivity index (χ4n) is 1.98. The summed E-state index contributed by atoms with van der Waals surface area (Å²) >= 11 is 0. The van der Waals surface area contributed by atoms with Crippen LogP contribution in [-0.4, -0.2) is 79.4 Å². The summed E-state index contributed by atoms with van der Waals surface area (Å²) < 4.78 is 5.01. The van der Waals surface area contributed by atoms with Gasteiger partial charge in [0.05, 0.1) is 12.5 Å². The van der Waals surface area contributed by atoms with E-state index in [4.69, 9.17) is 9.84 Å². The van der Waals surface area contributed by atoms with Gasteiger partial charge in [-0.15, -0.1) is 0 Å². The van der Waals surface area contributed by atoms with Crippen LogP contribution in [0.5, 0.6) is 0 Å². The number of amides is 2. The lowest BCUT2D eigenvalue weighted by Crippen LogP contribution is -2.55. The van der Waals surface area contributed by atoms with Gasteiger partial charge in [-0.1, -0.05) is 0 Å². The maximum absolute atomic E-state index is 11.9. The SMILES string of the molecule is COC(CNC(=O)N1CCN(C)C(C)C1)CC(=O)O. The molecule has 2 N–H and O–H groups in total. The minimum atomic E-state index is -0.936. The van der Waals surface area contributed by atoms with Crippen molar-refractivity contribution >= 4 is 12.0 Å². The monoisotopic (exact) mass is 273 g/mol. The molecule has 0 spiro atoms. The standard InChI is InChI=1S/C12H23N3O4/c1-9-8-15(5-4-14(9)2)12(18)13-7-10(19-3)6-11(16)17/h9-10H,4-8H2,1-3H3,(H,13,18)(H,16,17). The molecular weight excluding hydrogens is 250 g/mol. The van der Waals surface area contributed by atoms with Gasteiger partial charge in [0, 0.05) is 39.3 Å². The number of rotatable bonds is 5. The molecule has 2 atom stereocenters. The van der Waals surface area contributed by atoms with Gasteiger partial charge in [0.15, 0.2) is 0 Å². The normalized spacial score (nSPS) is 22.1. The number of likely N-dealkylation sites (N-methyl/N-ethyl adjacent to an activating group) is 1. The Bertz CT molecular complexity index is 324. The number of methoxy groups -OCH3 is 1. The van der Waals surface area contributed by atoms with Crippen LogP contribution in [0.1, 0.15) is 13.3 Å². The Labute approximate surface area is 113 Å². The van der Waals surface area contributed by atoms with Crippen LogP contribution >= 0.6 is 0 Å². The van der Waals surface area contributed by atoms with Crippen LogP contribution in [0.3, 0.4) is 0 Å². The average Bonchev–Trinajstić information content (AvgIpc) is 2.36. The highest BCUT2D eigenvalue weighted by Gasteiger charge is 2.24. The van der Waals surface area contributed by atoms with Crippen molar-refractivity contribution in [2.45, 2.75) is 25.5 Å². The molecule has 110 valence electrons. The molecular formula is C12H23N3O4. The Morgan fingerprint density at radius 1 is 1.47 bits per heavy atom. The molecule has 0 radical (unpaired) electrons. The van der Waals surface area contributed by atoms with E-state index in [1.165, 1.54) is 7.11 Å². The molecule has 1 aliphatic rings. The molecule has 0 bridgehead atoms. The summed E-state index contributed by atoms with van der Waals surface area (Å²) in [6, 6.07) is 0.170. The minimum Gasteiger partial charge on any atom is -0.481 e. The van der Waals surface area contributed by atoms with Crippen molar-refractivity contribution in [1.82, 2.24) is 15.1 Å². The molecule has 1 rings (SSSR count). The predicted octanol–water partition coefficient (Wildman–Crippen LogP) is -0.178. The summed E-state index contributed by atoms with van der Waals surface area (Å²) in [4.78, 5) is 26.5. The smallest absolute Gasteiger partial charge is 0.317 e. The van der Waals surface area contributed by atoms with E-state index in [1.807, 2.05) is 7.05 Å². The van der Waals surface area contributed by atoms with Gasteiger partial charge in [0.2, 0.25) is 0 Å². The number of carbonyl (C=O) groups excluding carboxylic acids is 1. The zero-order valence-electron chi connectivity index (χ0n) is 11.8. The number of aliphatic carboxylic acids is 1. The van der Waals surface area contributed by atoms with E-state index in [1.54, 1.807) is 4.90 Å². The number of hydrogen-bond donors (Lipinski definition) is 2. The van der Waals surface area contributed by atoms with Gasteiger partial charge in [0.25, 0.3) is 0 Å². The number of hydrogen-bond acceptors (Lipinski definition) is 4. The number of nitrogens with zero attached hydrogens (tertiary/aromatic N) is 2. The number of ether oxygens (including phenoxy) is 1. The van der Waals surface area contributed by atoms with Gasteiger partial charge < -0.3 is 25.0 Å². The van der Waals surface area contributed by atoms with E-state index in [0.29, 0.717) is 19.1 Å². The second-order valence-electron chi connectivity index (χ2n) is 4.92. The van der Waals surface area contributed by atoms with Gasteiger partial charge in [-0.25, -0.2) is 4.79 Å². The predicted molar refractivity (Wildman–Crippen MR) is 70.1 cm³/mol. The van der Waals surface area contributed by atoms with E-state index < -0.39 is 12.1 Å². The van der Waals surface area contributed by atoms with Crippen molar-refractivity contribution in [3.63, 3.8) is 0 Å². The molecule has 2 unspecified atom stereocenters. The zero-order chi connectivity index (χ0) is 14.4. The number of carboxylic acid groups (broad SMARTS) is 1. The lowest BCUT2D eigenvalue weighted by Gasteiger charge is -2.37. The molecule has 0 saturated carbocycles. The quantitative estimate of drug-likeness (QED) is 0.726. The molecule has 1 aliphatic heterocycles. The van der Waals surface area contributed by atoms with Gasteiger partial charge in [0.1, 0.15) is 0 Å². The maximum atomic E-state index is 11.9. The second-order valence-corrected chi connectivity index (χ2v) is 4.92. The molecule has 7 nitrogen and oxygen atoms in total. The van der Waals surface area contributed by atoms with E-state index in [9.17, 15) is 9.59 Å². The summed E-state index contributed by atoms with van der Waals surface area (Å²) in [6.07, 6.45) is -0.609. The summed E-state index contributed by atoms with van der Waals surface area (Å²) in [5.41, 5.74) is 0. The van der Waals surface area contributed by atoms with Crippen LogP contribution in [0.15, 0.2) is 0 Å². The molecule has 2 amide bonds. The third kappa shape index (κ3) is 5.04. The molecule has 0 aliphatic carbocycles. The van der Waals surface area contributed by atoms with Crippen molar-refractivity contribution < 1.29 is 19.4 Å². The fraction of sp³-hybridized carbons (Fsp3) is 0.833. The Balaban J connectivity index is 2.36. The first-order valence-electron chi connectivity index (χ1n) is 6.41. The number of urea groups is 1. The van der Waals surface area contributed by atoms with Crippen molar-refractivity contribution in [3.8, 4) is 0 Å². The fourth-order valence-corrected chi connectivity index (χ4v) is 1.98. The highest BCUT2D eigenvalue weighted by molar-refractivity contribution is 5.74. The van der Waals surface area contributed by atoms with Crippen LogP contribution < -0.4 is 5.32 Å². The van der Waals surface area contributed by atoms with E-state index in [2.05, 4.69) is 17.1 Å². The molecule has 1 saturated heterocycles. The summed E-state index contributed by atoms with van der Waals surface area (Å²) in [7, 11) is 3.48. The second kappa shape index (κ2) is 7.30. The molecule has 1 fully saturated rings. The zero-order valence-corrected chi connectivity index (χ0v) is 11.8. The van der Waals surface area contributed by atoms with Crippen LogP contribution in [0.25, 0.3) is 0 Å². The van der Waals surface area contributed by atoms with Crippen molar-refractivity contribution in [2.24, 2.45) is 0 Å². The van der Waals surface area contributed by atoms with Crippen molar-refractivity contribution in [2.75, 3.05) is 40.3 Å². The Morgan fingerprint density at radius 3 is 2.68 bits per heavy atom. The van der Waals surface area contributed by atoms with Gasteiger partial charge in [-0.3, -0.25) is 4.79 Å². The molecule has 0 aromatic carbocycles. The maximum Gasteiger partial charge on any atom is 0.317 e. The summed E-state index contributed by atoms with van der Waals surface area (Å²) in [6.45, 7) is 4.49. The summed E-state index contributed by atoms with van der Waals surface area (Å²) in [5.74, 6) is -0.936. The molecule has 7 heteroatoms. The average molecular weight is 273 g/mol. The van der Waals surface area contributed by atoms with Crippen molar-refractivity contribution in [3.05, 3.63) is 0 Å². The lowest BCUT2D eigenvalue weighted by atomic mass is 10.2. The molecule has 1 heterocycles. The Morgan fingerprint density at radius 2 is 2.16 bits per heavy atom. The van der Waals surface area contributed by atoms with E-state index >= 15 is 0 Å². The Hall–Kier alpha value is -1.34. The molecule has 0 aromatic heterocycles. The summed E-state index contributed by atoms with van der Waals surface area (Å²) in [5, 5.41) is 11.4. The van der Waals surface area contributed by atoms with E-state index in [-0.39, 0.29) is 19.0 Å². The number of carboxylic acids is 1. The largest absolute Gasteiger partial charge is 0.481 e. The first-order chi connectivity index (χ1) is 8.93. The van der Waals surface area contributed by atoms with Crippen molar-refractivity contribution in [1.29, 1.82) is 0 Å². The van der Waals surface area contributed by atoms with Crippen LogP contribution in [-0.2, 0) is 9.53 Å². The number of nitrogens with one attached hydrogen (secondary N) is 1. The van der Waals surface area contributed by atoms with Crippen LogP contribution in [0, 0.1) is 0 Å². The van der Waals surface area contributed by atoms with E-state index in [0.717, 1.165) is 6.54 Å². The Kier molecular flexibility index (Phi) is 6.04. The third-order valence-electron chi connectivity index (χ3n) is 3.46. The topological polar surface area (TPSA) is 82.1 Å². The number of piperazine rings is 1. The lowest BCUT2D eigenvalue weighted by molar-refractivity contribution is -0.139. The van der Waals surface area contributed by atoms with Gasteiger partial charge >= 0.3 is 12.0 Å². The first kappa shape index (κ1) is 15.7. The minimum absolute atomic E-state index is 0.115. The molecule has 19 heavy (non-hydrogen) atoms. The first-order valence-corrected chi connectivity index (χ1v) is 6.41. The molecule has 0 aromatic rings. The number of carbonyl (C=O) groups is 2. The highest BCUT2D eigenvalue weighted by atomic mass is 16.5. The highest BCUT2D eigenvalue weighted by Crippen LogP contribution is 2.07. The van der Waals surface area contributed by atoms with Crippen LogP contribution in [0.2, 0.25) is 0 Å².